The normalized spacial score (nSPS) is 16.2. The molecule has 120 valence electrons. The highest BCUT2D eigenvalue weighted by Crippen LogP contribution is 2.17. The van der Waals surface area contributed by atoms with Gasteiger partial charge < -0.3 is 15.5 Å². The van der Waals surface area contributed by atoms with E-state index >= 15 is 0 Å². The average molecular weight is 304 g/mol. The lowest BCUT2D eigenvalue weighted by atomic mass is 10.1. The first-order valence-corrected chi connectivity index (χ1v) is 7.71. The number of nitrogens with zero attached hydrogens (tertiary/aromatic N) is 1. The summed E-state index contributed by atoms with van der Waals surface area (Å²) in [5, 5.41) is 7.89. The van der Waals surface area contributed by atoms with Gasteiger partial charge in [0, 0.05) is 19.6 Å². The number of rotatable bonds is 6. The van der Waals surface area contributed by atoms with Crippen LogP contribution in [0.1, 0.15) is 24.4 Å². The number of imide groups is 1. The fourth-order valence-corrected chi connectivity index (χ4v) is 2.65. The van der Waals surface area contributed by atoms with Gasteiger partial charge in [-0.1, -0.05) is 30.3 Å². The highest BCUT2D eigenvalue weighted by molar-refractivity contribution is 5.95. The van der Waals surface area contributed by atoms with Gasteiger partial charge in [-0.3, -0.25) is 10.1 Å². The van der Waals surface area contributed by atoms with Crippen LogP contribution in [-0.2, 0) is 4.79 Å². The molecule has 1 aromatic carbocycles. The Kier molecular flexibility index (Phi) is 6.36. The molecule has 0 bridgehead atoms. The molecule has 0 aromatic heterocycles. The lowest BCUT2D eigenvalue weighted by Crippen LogP contribution is -2.44. The van der Waals surface area contributed by atoms with E-state index < -0.39 is 6.03 Å². The van der Waals surface area contributed by atoms with Gasteiger partial charge in [-0.25, -0.2) is 4.79 Å². The van der Waals surface area contributed by atoms with E-state index in [-0.39, 0.29) is 18.5 Å². The molecule has 0 aliphatic carbocycles. The number of hydrogen-bond acceptors (Lipinski definition) is 4. The molecule has 2 rings (SSSR count). The zero-order valence-corrected chi connectivity index (χ0v) is 13.0. The molecule has 6 heteroatoms. The number of amides is 3. The summed E-state index contributed by atoms with van der Waals surface area (Å²) in [4.78, 5) is 25.3. The second kappa shape index (κ2) is 8.51. The Balaban J connectivity index is 1.92. The van der Waals surface area contributed by atoms with Crippen molar-refractivity contribution in [3.8, 4) is 0 Å². The zero-order valence-electron chi connectivity index (χ0n) is 13.0. The zero-order chi connectivity index (χ0) is 15.8. The number of hydrogen-bond donors (Lipinski definition) is 3. The van der Waals surface area contributed by atoms with Crippen molar-refractivity contribution in [3.05, 3.63) is 35.9 Å². The minimum absolute atomic E-state index is 0.0785. The topological polar surface area (TPSA) is 73.5 Å². The van der Waals surface area contributed by atoms with Crippen molar-refractivity contribution in [1.82, 2.24) is 20.9 Å². The molecule has 0 unspecified atom stereocenters. The van der Waals surface area contributed by atoms with Crippen molar-refractivity contribution in [2.45, 2.75) is 18.9 Å². The fraction of sp³-hybridized carbons (Fsp3) is 0.500. The maximum Gasteiger partial charge on any atom is 0.321 e. The van der Waals surface area contributed by atoms with Crippen molar-refractivity contribution in [1.29, 1.82) is 0 Å². The standard InChI is InChI=1S/C16H24N4O2/c1-17-16(22)19-15(21)11-18-14(12-20-9-5-6-10-20)13-7-3-2-4-8-13/h2-4,7-8,14,18H,5-6,9-12H2,1H3,(H2,17,19,21,22)/t14-/m1/s1. The number of nitrogens with one attached hydrogen (secondary N) is 3. The molecule has 1 saturated heterocycles. The number of benzene rings is 1. The summed E-state index contributed by atoms with van der Waals surface area (Å²) in [6, 6.07) is 9.69. The van der Waals surface area contributed by atoms with E-state index in [4.69, 9.17) is 0 Å². The first-order valence-electron chi connectivity index (χ1n) is 7.71. The van der Waals surface area contributed by atoms with E-state index in [1.807, 2.05) is 18.2 Å². The predicted octanol–water partition coefficient (Wildman–Crippen LogP) is 0.869. The van der Waals surface area contributed by atoms with Gasteiger partial charge in [0.2, 0.25) is 5.91 Å². The van der Waals surface area contributed by atoms with E-state index in [0.29, 0.717) is 0 Å². The van der Waals surface area contributed by atoms with Crippen LogP contribution in [0.15, 0.2) is 30.3 Å². The molecule has 1 heterocycles. The first kappa shape index (κ1) is 16.5. The number of carbonyl (C=O) groups is 2. The van der Waals surface area contributed by atoms with Crippen LogP contribution in [0.5, 0.6) is 0 Å². The molecule has 0 spiro atoms. The molecule has 3 N–H and O–H groups in total. The van der Waals surface area contributed by atoms with E-state index in [1.165, 1.54) is 19.9 Å². The van der Waals surface area contributed by atoms with Crippen LogP contribution in [0.25, 0.3) is 0 Å². The van der Waals surface area contributed by atoms with Crippen molar-refractivity contribution in [2.24, 2.45) is 0 Å². The van der Waals surface area contributed by atoms with Gasteiger partial charge in [-0.15, -0.1) is 0 Å². The lowest BCUT2D eigenvalue weighted by molar-refractivity contribution is -0.119. The van der Waals surface area contributed by atoms with Gasteiger partial charge in [0.15, 0.2) is 0 Å². The Bertz CT molecular complexity index is 486. The van der Waals surface area contributed by atoms with Gasteiger partial charge >= 0.3 is 6.03 Å². The number of urea groups is 1. The lowest BCUT2D eigenvalue weighted by Gasteiger charge is -2.24. The molecule has 6 nitrogen and oxygen atoms in total. The van der Waals surface area contributed by atoms with Gasteiger partial charge in [-0.2, -0.15) is 0 Å². The third-order valence-corrected chi connectivity index (χ3v) is 3.83. The average Bonchev–Trinajstić information content (AvgIpc) is 3.05. The highest BCUT2D eigenvalue weighted by Gasteiger charge is 2.19. The summed E-state index contributed by atoms with van der Waals surface area (Å²) in [5.41, 5.74) is 1.15. The number of carbonyl (C=O) groups excluding carboxylic acids is 2. The smallest absolute Gasteiger partial charge is 0.321 e. The molecule has 22 heavy (non-hydrogen) atoms. The summed E-state index contributed by atoms with van der Waals surface area (Å²) in [5.74, 6) is -0.332. The Morgan fingerprint density at radius 3 is 2.50 bits per heavy atom. The summed E-state index contributed by atoms with van der Waals surface area (Å²) in [6.45, 7) is 3.20. The third-order valence-electron chi connectivity index (χ3n) is 3.83. The molecule has 1 aliphatic rings. The first-order chi connectivity index (χ1) is 10.7. The molecule has 1 aliphatic heterocycles. The maximum atomic E-state index is 11.7. The van der Waals surface area contributed by atoms with Gasteiger partial charge in [0.1, 0.15) is 0 Å². The molecular formula is C16H24N4O2. The fourth-order valence-electron chi connectivity index (χ4n) is 2.65. The number of likely N-dealkylation sites (tertiary alicyclic amines) is 1. The summed E-state index contributed by atoms with van der Waals surface area (Å²) in [7, 11) is 1.48. The van der Waals surface area contributed by atoms with E-state index in [1.54, 1.807) is 0 Å². The second-order valence-electron chi connectivity index (χ2n) is 5.48. The van der Waals surface area contributed by atoms with E-state index in [0.717, 1.165) is 25.2 Å². The monoisotopic (exact) mass is 304 g/mol. The van der Waals surface area contributed by atoms with Crippen LogP contribution in [0.2, 0.25) is 0 Å². The van der Waals surface area contributed by atoms with Gasteiger partial charge in [0.05, 0.1) is 6.54 Å². The highest BCUT2D eigenvalue weighted by atomic mass is 16.2. The van der Waals surface area contributed by atoms with Crippen molar-refractivity contribution in [3.63, 3.8) is 0 Å². The van der Waals surface area contributed by atoms with Gasteiger partial charge in [-0.05, 0) is 31.5 Å². The van der Waals surface area contributed by atoms with Crippen LogP contribution in [0.3, 0.4) is 0 Å². The molecular weight excluding hydrogens is 280 g/mol. The summed E-state index contributed by atoms with van der Waals surface area (Å²) >= 11 is 0. The Labute approximate surface area is 131 Å². The molecule has 1 aromatic rings. The van der Waals surface area contributed by atoms with Crippen LogP contribution >= 0.6 is 0 Å². The van der Waals surface area contributed by atoms with Crippen LogP contribution < -0.4 is 16.0 Å². The maximum absolute atomic E-state index is 11.7. The molecule has 1 fully saturated rings. The Morgan fingerprint density at radius 2 is 1.86 bits per heavy atom. The minimum Gasteiger partial charge on any atom is -0.341 e. The van der Waals surface area contributed by atoms with Crippen molar-refractivity contribution >= 4 is 11.9 Å². The quantitative estimate of drug-likeness (QED) is 0.729. The minimum atomic E-state index is -0.484. The predicted molar refractivity (Wildman–Crippen MR) is 85.5 cm³/mol. The largest absolute Gasteiger partial charge is 0.341 e. The molecule has 0 radical (unpaired) electrons. The SMILES string of the molecule is CNC(=O)NC(=O)CN[C@H](CN1CCCC1)c1ccccc1. The molecule has 1 atom stereocenters. The summed E-state index contributed by atoms with van der Waals surface area (Å²) < 4.78 is 0. The van der Waals surface area contributed by atoms with Gasteiger partial charge in [0.25, 0.3) is 0 Å². The third kappa shape index (κ3) is 5.13. The van der Waals surface area contributed by atoms with Crippen LogP contribution in [0.4, 0.5) is 4.79 Å². The Hall–Kier alpha value is -1.92. The van der Waals surface area contributed by atoms with E-state index in [2.05, 4.69) is 33.0 Å². The molecule has 0 saturated carbocycles. The van der Waals surface area contributed by atoms with Crippen LogP contribution in [0, 0.1) is 0 Å². The molecule has 3 amide bonds. The van der Waals surface area contributed by atoms with Crippen LogP contribution in [-0.4, -0.2) is 50.1 Å². The van der Waals surface area contributed by atoms with E-state index in [9.17, 15) is 9.59 Å². The van der Waals surface area contributed by atoms with Crippen molar-refractivity contribution in [2.75, 3.05) is 33.2 Å². The summed E-state index contributed by atoms with van der Waals surface area (Å²) in [6.07, 6.45) is 2.47. The Morgan fingerprint density at radius 1 is 1.18 bits per heavy atom. The van der Waals surface area contributed by atoms with Crippen molar-refractivity contribution < 1.29 is 9.59 Å². The second-order valence-corrected chi connectivity index (χ2v) is 5.48.